The Hall–Kier alpha value is -2.83. The van der Waals surface area contributed by atoms with Crippen molar-refractivity contribution < 1.29 is 14.2 Å². The molecule has 2 unspecified atom stereocenters. The van der Waals surface area contributed by atoms with Crippen LogP contribution in [0, 0.1) is 5.82 Å². The third kappa shape index (κ3) is 4.35. The van der Waals surface area contributed by atoms with Gasteiger partial charge in [-0.25, -0.2) is 4.39 Å². The molecule has 3 aromatic carbocycles. The zero-order valence-corrected chi connectivity index (χ0v) is 18.0. The van der Waals surface area contributed by atoms with Crippen molar-refractivity contribution in [1.82, 2.24) is 10.6 Å². The number of nitrogens with one attached hydrogen (secondary N) is 2. The lowest BCUT2D eigenvalue weighted by Crippen LogP contribution is -2.39. The maximum atomic E-state index is 13.9. The van der Waals surface area contributed by atoms with Gasteiger partial charge in [-0.05, 0) is 54.5 Å². The predicted molar refractivity (Wildman–Crippen MR) is 120 cm³/mol. The fraction of sp³-hybridized carbons (Fsp3) is 0.167. The van der Waals surface area contributed by atoms with Gasteiger partial charge in [0.2, 0.25) is 0 Å². The van der Waals surface area contributed by atoms with Crippen LogP contribution < -0.4 is 15.4 Å². The molecule has 0 radical (unpaired) electrons. The Bertz CT molecular complexity index is 1090. The largest absolute Gasteiger partial charge is 0.504 e. The zero-order chi connectivity index (χ0) is 21.1. The summed E-state index contributed by atoms with van der Waals surface area (Å²) in [6.45, 7) is 2.34. The minimum atomic E-state index is -0.347. The number of hydrogen-bond donors (Lipinski definition) is 3. The summed E-state index contributed by atoms with van der Waals surface area (Å²) in [7, 11) is 0. The third-order valence-electron chi connectivity index (χ3n) is 4.96. The highest BCUT2D eigenvalue weighted by Crippen LogP contribution is 2.38. The van der Waals surface area contributed by atoms with Crippen LogP contribution in [0.25, 0.3) is 5.70 Å². The summed E-state index contributed by atoms with van der Waals surface area (Å²) in [6, 6.07) is 19.6. The molecule has 0 amide bonds. The Morgan fingerprint density at radius 2 is 1.87 bits per heavy atom. The number of halogens is 2. The van der Waals surface area contributed by atoms with Gasteiger partial charge in [0.15, 0.2) is 11.5 Å². The Morgan fingerprint density at radius 1 is 1.07 bits per heavy atom. The van der Waals surface area contributed by atoms with Crippen molar-refractivity contribution in [1.29, 1.82) is 0 Å². The standard InChI is InChI=1S/C24H22BrFN2O2/c1-2-30-22-11-5-10-19(23(22)29)21-14-20(15-6-3-8-17(25)12-15)27-24(28-21)16-7-4-9-18(26)13-16/h3-14,21,24,27-29H,2H2,1H3. The molecule has 4 nitrogen and oxygen atoms in total. The minimum Gasteiger partial charge on any atom is -0.504 e. The number of phenols is 1. The van der Waals surface area contributed by atoms with Crippen LogP contribution in [-0.4, -0.2) is 11.7 Å². The van der Waals surface area contributed by atoms with Crippen LogP contribution in [0.5, 0.6) is 11.5 Å². The predicted octanol–water partition coefficient (Wildman–Crippen LogP) is 5.67. The van der Waals surface area contributed by atoms with Gasteiger partial charge in [-0.3, -0.25) is 5.32 Å². The van der Waals surface area contributed by atoms with Crippen molar-refractivity contribution in [3.63, 3.8) is 0 Å². The highest BCUT2D eigenvalue weighted by molar-refractivity contribution is 9.10. The van der Waals surface area contributed by atoms with Crippen molar-refractivity contribution in [3.8, 4) is 11.5 Å². The third-order valence-corrected chi connectivity index (χ3v) is 5.46. The van der Waals surface area contributed by atoms with E-state index in [4.69, 9.17) is 4.74 Å². The molecule has 0 fully saturated rings. The second-order valence-corrected chi connectivity index (χ2v) is 7.91. The van der Waals surface area contributed by atoms with Crippen LogP contribution >= 0.6 is 15.9 Å². The van der Waals surface area contributed by atoms with Gasteiger partial charge in [-0.1, -0.05) is 52.3 Å². The number of ether oxygens (including phenoxy) is 1. The summed E-state index contributed by atoms with van der Waals surface area (Å²) in [6.07, 6.45) is 1.67. The summed E-state index contributed by atoms with van der Waals surface area (Å²) in [4.78, 5) is 0. The van der Waals surface area contributed by atoms with Crippen LogP contribution in [0.2, 0.25) is 0 Å². The average molecular weight is 469 g/mol. The molecule has 0 spiro atoms. The van der Waals surface area contributed by atoms with E-state index in [2.05, 4.69) is 26.6 Å². The second kappa shape index (κ2) is 8.90. The van der Waals surface area contributed by atoms with Gasteiger partial charge in [0, 0.05) is 15.7 Å². The fourth-order valence-electron chi connectivity index (χ4n) is 3.58. The van der Waals surface area contributed by atoms with Gasteiger partial charge < -0.3 is 15.2 Å². The first-order chi connectivity index (χ1) is 14.5. The summed E-state index contributed by atoms with van der Waals surface area (Å²) >= 11 is 3.52. The van der Waals surface area contributed by atoms with Crippen LogP contribution in [0.4, 0.5) is 4.39 Å². The van der Waals surface area contributed by atoms with E-state index in [0.29, 0.717) is 17.9 Å². The highest BCUT2D eigenvalue weighted by Gasteiger charge is 2.26. The quantitative estimate of drug-likeness (QED) is 0.451. The van der Waals surface area contributed by atoms with Crippen LogP contribution in [0.1, 0.15) is 35.8 Å². The smallest absolute Gasteiger partial charge is 0.162 e. The molecule has 0 saturated heterocycles. The SMILES string of the molecule is CCOc1cccc(C2C=C(c3cccc(Br)c3)NC(c3cccc(F)c3)N2)c1O. The molecular weight excluding hydrogens is 447 g/mol. The molecule has 154 valence electrons. The number of para-hydroxylation sites is 1. The molecule has 0 saturated carbocycles. The monoisotopic (exact) mass is 468 g/mol. The summed E-state index contributed by atoms with van der Waals surface area (Å²) in [5, 5.41) is 17.7. The van der Waals surface area contributed by atoms with Gasteiger partial charge in [0.05, 0.1) is 12.6 Å². The molecule has 6 heteroatoms. The topological polar surface area (TPSA) is 53.5 Å². The van der Waals surface area contributed by atoms with E-state index in [1.807, 2.05) is 55.5 Å². The molecule has 0 aliphatic carbocycles. The Balaban J connectivity index is 1.78. The van der Waals surface area contributed by atoms with Crippen molar-refractivity contribution in [2.75, 3.05) is 6.61 Å². The van der Waals surface area contributed by atoms with Gasteiger partial charge in [-0.2, -0.15) is 0 Å². The van der Waals surface area contributed by atoms with Gasteiger partial charge in [0.1, 0.15) is 12.0 Å². The molecule has 1 heterocycles. The molecule has 0 aromatic heterocycles. The van der Waals surface area contributed by atoms with Crippen molar-refractivity contribution in [2.45, 2.75) is 19.1 Å². The van der Waals surface area contributed by atoms with Gasteiger partial charge >= 0.3 is 0 Å². The molecular formula is C24H22BrFN2O2. The molecule has 0 bridgehead atoms. The normalized spacial score (nSPS) is 18.4. The minimum absolute atomic E-state index is 0.0987. The number of benzene rings is 3. The lowest BCUT2D eigenvalue weighted by Gasteiger charge is -2.33. The molecule has 4 rings (SSSR count). The van der Waals surface area contributed by atoms with Crippen molar-refractivity contribution >= 4 is 21.6 Å². The van der Waals surface area contributed by atoms with E-state index in [1.54, 1.807) is 12.1 Å². The van der Waals surface area contributed by atoms with E-state index in [-0.39, 0.29) is 23.8 Å². The van der Waals surface area contributed by atoms with E-state index in [0.717, 1.165) is 21.3 Å². The summed E-state index contributed by atoms with van der Waals surface area (Å²) < 4.78 is 20.4. The first-order valence-electron chi connectivity index (χ1n) is 9.75. The number of aromatic hydroxyl groups is 1. The van der Waals surface area contributed by atoms with Crippen LogP contribution in [0.15, 0.2) is 77.3 Å². The van der Waals surface area contributed by atoms with Crippen molar-refractivity contribution in [3.05, 3.63) is 99.8 Å². The van der Waals surface area contributed by atoms with E-state index >= 15 is 0 Å². The Morgan fingerprint density at radius 3 is 2.63 bits per heavy atom. The maximum Gasteiger partial charge on any atom is 0.162 e. The molecule has 1 aliphatic heterocycles. The molecule has 30 heavy (non-hydrogen) atoms. The van der Waals surface area contributed by atoms with E-state index < -0.39 is 0 Å². The van der Waals surface area contributed by atoms with Crippen LogP contribution in [0.3, 0.4) is 0 Å². The first kappa shape index (κ1) is 20.4. The number of phenolic OH excluding ortho intramolecular Hbond substituents is 1. The van der Waals surface area contributed by atoms with Crippen LogP contribution in [-0.2, 0) is 0 Å². The number of rotatable bonds is 5. The molecule has 3 N–H and O–H groups in total. The summed E-state index contributed by atoms with van der Waals surface area (Å²) in [5.41, 5.74) is 3.32. The number of hydrogen-bond acceptors (Lipinski definition) is 4. The molecule has 2 atom stereocenters. The lowest BCUT2D eigenvalue weighted by molar-refractivity contribution is 0.314. The second-order valence-electron chi connectivity index (χ2n) is 6.99. The Labute approximate surface area is 183 Å². The summed E-state index contributed by atoms with van der Waals surface area (Å²) in [5.74, 6) is 0.240. The maximum absolute atomic E-state index is 13.9. The van der Waals surface area contributed by atoms with E-state index in [1.165, 1.54) is 12.1 Å². The van der Waals surface area contributed by atoms with Crippen molar-refractivity contribution in [2.24, 2.45) is 0 Å². The fourth-order valence-corrected chi connectivity index (χ4v) is 3.98. The average Bonchev–Trinajstić information content (AvgIpc) is 2.75. The first-order valence-corrected chi connectivity index (χ1v) is 10.5. The molecule has 1 aliphatic rings. The molecule has 3 aromatic rings. The van der Waals surface area contributed by atoms with Gasteiger partial charge in [-0.15, -0.1) is 0 Å². The van der Waals surface area contributed by atoms with Gasteiger partial charge in [0.25, 0.3) is 0 Å². The lowest BCUT2D eigenvalue weighted by atomic mass is 9.97. The zero-order valence-electron chi connectivity index (χ0n) is 16.4. The Kier molecular flexibility index (Phi) is 6.06. The van der Waals surface area contributed by atoms with E-state index in [9.17, 15) is 9.50 Å². The highest BCUT2D eigenvalue weighted by atomic mass is 79.9.